The number of amides is 2. The van der Waals surface area contributed by atoms with Crippen LogP contribution in [0.4, 0.5) is 5.00 Å². The molecule has 0 bridgehead atoms. The molecule has 0 atom stereocenters. The van der Waals surface area contributed by atoms with Gasteiger partial charge in [-0.25, -0.2) is 8.42 Å². The van der Waals surface area contributed by atoms with Gasteiger partial charge in [0.2, 0.25) is 10.0 Å². The SMILES string of the molecule is NC(=O)c1c(NC(=O)c2cccc(S(=O)(=O)N3CCCC3)c2)sc2c1CCCC2. The zero-order valence-corrected chi connectivity index (χ0v) is 17.6. The molecule has 1 fully saturated rings. The fourth-order valence-electron chi connectivity index (χ4n) is 3.97. The summed E-state index contributed by atoms with van der Waals surface area (Å²) in [6, 6.07) is 6.02. The van der Waals surface area contributed by atoms with Gasteiger partial charge in [-0.2, -0.15) is 4.31 Å². The summed E-state index contributed by atoms with van der Waals surface area (Å²) in [5.74, 6) is -1.00. The Morgan fingerprint density at radius 3 is 2.52 bits per heavy atom. The van der Waals surface area contributed by atoms with Crippen molar-refractivity contribution in [2.45, 2.75) is 43.4 Å². The fourth-order valence-corrected chi connectivity index (χ4v) is 6.82. The minimum absolute atomic E-state index is 0.104. The summed E-state index contributed by atoms with van der Waals surface area (Å²) >= 11 is 1.38. The van der Waals surface area contributed by atoms with E-state index >= 15 is 0 Å². The lowest BCUT2D eigenvalue weighted by Gasteiger charge is -2.16. The standard InChI is InChI=1S/C20H23N3O4S2/c21-18(24)17-15-8-1-2-9-16(15)28-20(17)22-19(25)13-6-5-7-14(12-13)29(26,27)23-10-3-4-11-23/h5-7,12H,1-4,8-11H2,(H2,21,24)(H,22,25). The molecule has 0 saturated carbocycles. The number of anilines is 1. The number of thiophene rings is 1. The highest BCUT2D eigenvalue weighted by molar-refractivity contribution is 7.89. The smallest absolute Gasteiger partial charge is 0.256 e. The Morgan fingerprint density at radius 2 is 1.79 bits per heavy atom. The normalized spacial score (nSPS) is 17.1. The molecular weight excluding hydrogens is 410 g/mol. The van der Waals surface area contributed by atoms with Gasteiger partial charge in [-0.15, -0.1) is 11.3 Å². The zero-order valence-electron chi connectivity index (χ0n) is 15.9. The molecule has 29 heavy (non-hydrogen) atoms. The highest BCUT2D eigenvalue weighted by Gasteiger charge is 2.28. The van der Waals surface area contributed by atoms with Crippen LogP contribution in [0.25, 0.3) is 0 Å². The van der Waals surface area contributed by atoms with Crippen LogP contribution in [0.3, 0.4) is 0 Å². The van der Waals surface area contributed by atoms with Gasteiger partial charge in [-0.3, -0.25) is 9.59 Å². The minimum atomic E-state index is -3.61. The third kappa shape index (κ3) is 3.82. The van der Waals surface area contributed by atoms with Crippen LogP contribution in [0.5, 0.6) is 0 Å². The number of benzene rings is 1. The summed E-state index contributed by atoms with van der Waals surface area (Å²) < 4.78 is 27.0. The highest BCUT2D eigenvalue weighted by atomic mass is 32.2. The number of nitrogens with zero attached hydrogens (tertiary/aromatic N) is 1. The van der Waals surface area contributed by atoms with Gasteiger partial charge in [0.25, 0.3) is 11.8 Å². The predicted molar refractivity (Wildman–Crippen MR) is 112 cm³/mol. The quantitative estimate of drug-likeness (QED) is 0.755. The van der Waals surface area contributed by atoms with E-state index in [1.807, 2.05) is 0 Å². The van der Waals surface area contributed by atoms with Crippen molar-refractivity contribution in [1.29, 1.82) is 0 Å². The van der Waals surface area contributed by atoms with Gasteiger partial charge in [0.15, 0.2) is 0 Å². The summed E-state index contributed by atoms with van der Waals surface area (Å²) in [6.45, 7) is 1.00. The molecule has 2 aliphatic rings. The number of hydrogen-bond donors (Lipinski definition) is 2. The van der Waals surface area contributed by atoms with E-state index in [-0.39, 0.29) is 10.5 Å². The number of rotatable bonds is 5. The summed E-state index contributed by atoms with van der Waals surface area (Å²) in [7, 11) is -3.61. The number of carbonyl (C=O) groups excluding carboxylic acids is 2. The Morgan fingerprint density at radius 1 is 1.07 bits per heavy atom. The van der Waals surface area contributed by atoms with Crippen molar-refractivity contribution in [3.8, 4) is 0 Å². The summed E-state index contributed by atoms with van der Waals surface area (Å²) in [6.07, 6.45) is 5.39. The maximum Gasteiger partial charge on any atom is 0.256 e. The van der Waals surface area contributed by atoms with E-state index in [0.717, 1.165) is 49.0 Å². The van der Waals surface area contributed by atoms with Crippen molar-refractivity contribution in [3.63, 3.8) is 0 Å². The Hall–Kier alpha value is -2.23. The number of carbonyl (C=O) groups is 2. The molecule has 7 nitrogen and oxygen atoms in total. The zero-order chi connectivity index (χ0) is 20.6. The van der Waals surface area contributed by atoms with Gasteiger partial charge in [0.05, 0.1) is 10.5 Å². The van der Waals surface area contributed by atoms with Crippen molar-refractivity contribution >= 4 is 38.2 Å². The monoisotopic (exact) mass is 433 g/mol. The number of aryl methyl sites for hydroxylation is 1. The molecule has 2 aromatic rings. The maximum atomic E-state index is 12.8. The molecule has 0 radical (unpaired) electrons. The van der Waals surface area contributed by atoms with Crippen molar-refractivity contribution in [3.05, 3.63) is 45.8 Å². The van der Waals surface area contributed by atoms with E-state index in [0.29, 0.717) is 23.7 Å². The molecule has 1 aromatic heterocycles. The Labute approximate surface area is 174 Å². The molecular formula is C20H23N3O4S2. The lowest BCUT2D eigenvalue weighted by Crippen LogP contribution is -2.28. The lowest BCUT2D eigenvalue weighted by atomic mass is 9.95. The molecule has 1 aliphatic carbocycles. The number of nitrogens with one attached hydrogen (secondary N) is 1. The number of nitrogens with two attached hydrogens (primary N) is 1. The molecule has 3 N–H and O–H groups in total. The fraction of sp³-hybridized carbons (Fsp3) is 0.400. The van der Waals surface area contributed by atoms with Crippen LogP contribution >= 0.6 is 11.3 Å². The second-order valence-electron chi connectivity index (χ2n) is 7.37. The lowest BCUT2D eigenvalue weighted by molar-refractivity contribution is 0.100. The average molecular weight is 434 g/mol. The van der Waals surface area contributed by atoms with Crippen LogP contribution in [0, 0.1) is 0 Å². The number of hydrogen-bond acceptors (Lipinski definition) is 5. The van der Waals surface area contributed by atoms with Crippen molar-refractivity contribution in [2.75, 3.05) is 18.4 Å². The molecule has 1 saturated heterocycles. The largest absolute Gasteiger partial charge is 0.365 e. The molecule has 154 valence electrons. The summed E-state index contributed by atoms with van der Waals surface area (Å²) in [5.41, 5.74) is 7.14. The van der Waals surface area contributed by atoms with Crippen LogP contribution in [-0.4, -0.2) is 37.6 Å². The number of sulfonamides is 1. The van der Waals surface area contributed by atoms with Crippen LogP contribution in [0.2, 0.25) is 0 Å². The summed E-state index contributed by atoms with van der Waals surface area (Å²) in [4.78, 5) is 26.0. The molecule has 1 aliphatic heterocycles. The first kappa shape index (κ1) is 20.1. The number of primary amides is 1. The van der Waals surface area contributed by atoms with Crippen molar-refractivity contribution in [2.24, 2.45) is 5.73 Å². The molecule has 0 unspecified atom stereocenters. The first-order chi connectivity index (χ1) is 13.9. The maximum absolute atomic E-state index is 12.8. The van der Waals surface area contributed by atoms with E-state index < -0.39 is 21.8 Å². The van der Waals surface area contributed by atoms with Crippen molar-refractivity contribution in [1.82, 2.24) is 4.31 Å². The van der Waals surface area contributed by atoms with Crippen LogP contribution < -0.4 is 11.1 Å². The van der Waals surface area contributed by atoms with Gasteiger partial charge >= 0.3 is 0 Å². The van der Waals surface area contributed by atoms with Crippen LogP contribution in [0.1, 0.15) is 56.8 Å². The molecule has 1 aromatic carbocycles. The van der Waals surface area contributed by atoms with E-state index in [9.17, 15) is 18.0 Å². The van der Waals surface area contributed by atoms with E-state index in [1.165, 1.54) is 27.8 Å². The molecule has 4 rings (SSSR count). The summed E-state index contributed by atoms with van der Waals surface area (Å²) in [5, 5.41) is 3.23. The minimum Gasteiger partial charge on any atom is -0.365 e. The molecule has 2 heterocycles. The topological polar surface area (TPSA) is 110 Å². The van der Waals surface area contributed by atoms with Crippen LogP contribution in [0.15, 0.2) is 29.2 Å². The molecule has 2 amide bonds. The van der Waals surface area contributed by atoms with E-state index in [2.05, 4.69) is 5.32 Å². The third-order valence-corrected chi connectivity index (χ3v) is 8.55. The van der Waals surface area contributed by atoms with Gasteiger partial charge in [0, 0.05) is 23.5 Å². The van der Waals surface area contributed by atoms with E-state index in [4.69, 9.17) is 5.73 Å². The van der Waals surface area contributed by atoms with Gasteiger partial charge < -0.3 is 11.1 Å². The highest BCUT2D eigenvalue weighted by Crippen LogP contribution is 2.38. The molecule has 9 heteroatoms. The molecule has 0 spiro atoms. The Balaban J connectivity index is 1.62. The second-order valence-corrected chi connectivity index (χ2v) is 10.4. The first-order valence-electron chi connectivity index (χ1n) is 9.74. The average Bonchev–Trinajstić information content (AvgIpc) is 3.36. The van der Waals surface area contributed by atoms with Crippen LogP contribution in [-0.2, 0) is 22.9 Å². The second kappa shape index (κ2) is 7.89. The Kier molecular flexibility index (Phi) is 5.46. The van der Waals surface area contributed by atoms with E-state index in [1.54, 1.807) is 12.1 Å². The Bertz CT molecular complexity index is 1070. The third-order valence-electron chi connectivity index (χ3n) is 5.44. The first-order valence-corrected chi connectivity index (χ1v) is 12.0. The van der Waals surface area contributed by atoms with Gasteiger partial charge in [-0.1, -0.05) is 6.07 Å². The number of fused-ring (bicyclic) bond motifs is 1. The van der Waals surface area contributed by atoms with Gasteiger partial charge in [0.1, 0.15) is 5.00 Å². The van der Waals surface area contributed by atoms with Crippen molar-refractivity contribution < 1.29 is 18.0 Å². The predicted octanol–water partition coefficient (Wildman–Crippen LogP) is 2.76. The van der Waals surface area contributed by atoms with Gasteiger partial charge in [-0.05, 0) is 62.3 Å².